The van der Waals surface area contributed by atoms with Crippen molar-refractivity contribution in [1.82, 2.24) is 0 Å². The highest BCUT2D eigenvalue weighted by Gasteiger charge is 2.03. The van der Waals surface area contributed by atoms with Crippen LogP contribution in [0.15, 0.2) is 4.99 Å². The molecule has 0 bridgehead atoms. The van der Waals surface area contributed by atoms with E-state index in [-0.39, 0.29) is 0 Å². The molecule has 0 aliphatic carbocycles. The van der Waals surface area contributed by atoms with E-state index in [1.807, 2.05) is 0 Å². The van der Waals surface area contributed by atoms with E-state index in [4.69, 9.17) is 0 Å². The first-order valence-corrected chi connectivity index (χ1v) is 4.95. The molecule has 64 valence electrons. The van der Waals surface area contributed by atoms with Crippen LogP contribution in [0.5, 0.6) is 0 Å². The van der Waals surface area contributed by atoms with E-state index in [9.17, 15) is 0 Å². The Morgan fingerprint density at radius 2 is 2.18 bits per heavy atom. The van der Waals surface area contributed by atoms with Gasteiger partial charge in [-0.15, -0.1) is 0 Å². The molecule has 0 aromatic heterocycles. The number of hydrogen-bond acceptors (Lipinski definition) is 1. The number of hydrogen-bond donors (Lipinski definition) is 0. The zero-order chi connectivity index (χ0) is 7.94. The van der Waals surface area contributed by atoms with E-state index < -0.39 is 0 Å². The average Bonchev–Trinajstić information content (AvgIpc) is 2.07. The molecule has 0 fully saturated rings. The fraction of sp³-hybridized carbons (Fsp3) is 0.900. The molecular weight excluding hydrogens is 134 g/mol. The highest BCUT2D eigenvalue weighted by Crippen LogP contribution is 2.11. The van der Waals surface area contributed by atoms with Crippen molar-refractivity contribution >= 4 is 5.71 Å². The molecule has 0 amide bonds. The summed E-state index contributed by atoms with van der Waals surface area (Å²) in [6.07, 6.45) is 9.31. The minimum absolute atomic E-state index is 1.10. The average molecular weight is 153 g/mol. The second kappa shape index (κ2) is 5.34. The molecule has 1 nitrogen and oxygen atoms in total. The van der Waals surface area contributed by atoms with Gasteiger partial charge in [0.2, 0.25) is 0 Å². The molecule has 0 saturated carbocycles. The fourth-order valence-electron chi connectivity index (χ4n) is 1.54. The Kier molecular flexibility index (Phi) is 4.25. The first-order chi connectivity index (χ1) is 5.43. The van der Waals surface area contributed by atoms with Crippen molar-refractivity contribution < 1.29 is 0 Å². The van der Waals surface area contributed by atoms with Gasteiger partial charge in [0.1, 0.15) is 0 Å². The zero-order valence-electron chi connectivity index (χ0n) is 7.60. The molecule has 0 N–H and O–H groups in total. The predicted octanol–water partition coefficient (Wildman–Crippen LogP) is 3.19. The number of rotatable bonds is 4. The number of unbranched alkanes of at least 4 members (excludes halogenated alkanes) is 2. The van der Waals surface area contributed by atoms with Crippen molar-refractivity contribution in [2.24, 2.45) is 4.99 Å². The van der Waals surface area contributed by atoms with Gasteiger partial charge in [0.25, 0.3) is 0 Å². The first-order valence-electron chi connectivity index (χ1n) is 4.95. The van der Waals surface area contributed by atoms with Crippen molar-refractivity contribution in [3.05, 3.63) is 0 Å². The van der Waals surface area contributed by atoms with E-state index in [0.29, 0.717) is 0 Å². The minimum Gasteiger partial charge on any atom is -0.294 e. The Labute approximate surface area is 69.9 Å². The van der Waals surface area contributed by atoms with Gasteiger partial charge in [-0.3, -0.25) is 4.99 Å². The summed E-state index contributed by atoms with van der Waals surface area (Å²) in [5.41, 5.74) is 1.49. The third-order valence-electron chi connectivity index (χ3n) is 2.28. The van der Waals surface area contributed by atoms with Crippen LogP contribution in [0.2, 0.25) is 0 Å². The molecule has 1 aliphatic heterocycles. The van der Waals surface area contributed by atoms with E-state index in [2.05, 4.69) is 11.9 Å². The fourth-order valence-corrected chi connectivity index (χ4v) is 1.54. The summed E-state index contributed by atoms with van der Waals surface area (Å²) >= 11 is 0. The largest absolute Gasteiger partial charge is 0.294 e. The van der Waals surface area contributed by atoms with Crippen LogP contribution in [0, 0.1) is 0 Å². The molecule has 0 atom stereocenters. The lowest BCUT2D eigenvalue weighted by Crippen LogP contribution is -2.05. The van der Waals surface area contributed by atoms with Crippen molar-refractivity contribution in [2.45, 2.75) is 51.9 Å². The van der Waals surface area contributed by atoms with E-state index in [1.54, 1.807) is 0 Å². The minimum atomic E-state index is 1.10. The lowest BCUT2D eigenvalue weighted by molar-refractivity contribution is 0.692. The van der Waals surface area contributed by atoms with Gasteiger partial charge in [-0.25, -0.2) is 0 Å². The van der Waals surface area contributed by atoms with Gasteiger partial charge in [-0.05, 0) is 32.1 Å². The Balaban J connectivity index is 2.09. The predicted molar refractivity (Wildman–Crippen MR) is 50.3 cm³/mol. The van der Waals surface area contributed by atoms with Gasteiger partial charge in [0.05, 0.1) is 0 Å². The molecule has 1 heterocycles. The summed E-state index contributed by atoms with van der Waals surface area (Å²) in [6, 6.07) is 0. The molecule has 0 radical (unpaired) electrons. The number of nitrogens with zero attached hydrogens (tertiary/aromatic N) is 1. The summed E-state index contributed by atoms with van der Waals surface area (Å²) in [7, 11) is 0. The number of aliphatic imine (C=N–C) groups is 1. The van der Waals surface area contributed by atoms with Crippen LogP contribution in [0.3, 0.4) is 0 Å². The molecule has 0 aromatic rings. The van der Waals surface area contributed by atoms with Crippen LogP contribution in [0.1, 0.15) is 51.9 Å². The topological polar surface area (TPSA) is 12.4 Å². The molecule has 11 heavy (non-hydrogen) atoms. The molecule has 1 rings (SSSR count). The van der Waals surface area contributed by atoms with Crippen LogP contribution in [0.4, 0.5) is 0 Å². The SMILES string of the molecule is CCCCCC1=NCCCC1. The van der Waals surface area contributed by atoms with Crippen LogP contribution >= 0.6 is 0 Å². The molecule has 1 aliphatic rings. The Morgan fingerprint density at radius 3 is 2.82 bits per heavy atom. The van der Waals surface area contributed by atoms with Crippen molar-refractivity contribution in [3.63, 3.8) is 0 Å². The van der Waals surface area contributed by atoms with Crippen LogP contribution < -0.4 is 0 Å². The normalized spacial score (nSPS) is 18.1. The smallest absolute Gasteiger partial charge is 0.0388 e. The van der Waals surface area contributed by atoms with Crippen molar-refractivity contribution in [2.75, 3.05) is 6.54 Å². The van der Waals surface area contributed by atoms with Crippen LogP contribution in [-0.4, -0.2) is 12.3 Å². The standard InChI is InChI=1S/C10H19N/c1-2-3-4-7-10-8-5-6-9-11-10/h2-9H2,1H3. The quantitative estimate of drug-likeness (QED) is 0.550. The van der Waals surface area contributed by atoms with Crippen molar-refractivity contribution in [1.29, 1.82) is 0 Å². The van der Waals surface area contributed by atoms with Gasteiger partial charge in [-0.1, -0.05) is 19.8 Å². The zero-order valence-corrected chi connectivity index (χ0v) is 7.60. The van der Waals surface area contributed by atoms with Gasteiger partial charge >= 0.3 is 0 Å². The maximum absolute atomic E-state index is 4.52. The maximum atomic E-state index is 4.52. The monoisotopic (exact) mass is 153 g/mol. The summed E-state index contributed by atoms with van der Waals surface area (Å²) in [5.74, 6) is 0. The van der Waals surface area contributed by atoms with Crippen molar-refractivity contribution in [3.8, 4) is 0 Å². The molecule has 0 unspecified atom stereocenters. The first kappa shape index (κ1) is 8.76. The van der Waals surface area contributed by atoms with Gasteiger partial charge in [0, 0.05) is 12.3 Å². The molecule has 0 aromatic carbocycles. The molecule has 0 saturated heterocycles. The maximum Gasteiger partial charge on any atom is 0.0388 e. The molecular formula is C10H19N. The molecule has 0 spiro atoms. The third kappa shape index (κ3) is 3.54. The van der Waals surface area contributed by atoms with E-state index in [0.717, 1.165) is 6.54 Å². The third-order valence-corrected chi connectivity index (χ3v) is 2.28. The summed E-state index contributed by atoms with van der Waals surface area (Å²) < 4.78 is 0. The second-order valence-corrected chi connectivity index (χ2v) is 3.36. The summed E-state index contributed by atoms with van der Waals surface area (Å²) in [4.78, 5) is 4.52. The van der Waals surface area contributed by atoms with Gasteiger partial charge in [0.15, 0.2) is 0 Å². The highest BCUT2D eigenvalue weighted by molar-refractivity contribution is 5.84. The Bertz CT molecular complexity index is 127. The second-order valence-electron chi connectivity index (χ2n) is 3.36. The molecule has 1 heteroatoms. The highest BCUT2D eigenvalue weighted by atomic mass is 14.7. The summed E-state index contributed by atoms with van der Waals surface area (Å²) in [6.45, 7) is 3.35. The lowest BCUT2D eigenvalue weighted by atomic mass is 10.0. The van der Waals surface area contributed by atoms with Crippen LogP contribution in [-0.2, 0) is 0 Å². The lowest BCUT2D eigenvalue weighted by Gasteiger charge is -2.10. The van der Waals surface area contributed by atoms with Gasteiger partial charge in [-0.2, -0.15) is 0 Å². The summed E-state index contributed by atoms with van der Waals surface area (Å²) in [5, 5.41) is 0. The van der Waals surface area contributed by atoms with E-state index >= 15 is 0 Å². The van der Waals surface area contributed by atoms with E-state index in [1.165, 1.54) is 50.7 Å². The Morgan fingerprint density at radius 1 is 1.27 bits per heavy atom. The van der Waals surface area contributed by atoms with Crippen LogP contribution in [0.25, 0.3) is 0 Å². The Hall–Kier alpha value is -0.330. The van der Waals surface area contributed by atoms with Gasteiger partial charge < -0.3 is 0 Å².